The van der Waals surface area contributed by atoms with E-state index in [1.54, 1.807) is 12.1 Å². The molecule has 3 aromatic rings. The Morgan fingerprint density at radius 3 is 2.40 bits per heavy atom. The Balaban J connectivity index is 0.00000124. The van der Waals surface area contributed by atoms with Crippen molar-refractivity contribution in [1.29, 1.82) is 0 Å². The molecule has 1 aromatic heterocycles. The molecule has 1 atom stereocenters. The second-order valence-electron chi connectivity index (χ2n) is 7.39. The van der Waals surface area contributed by atoms with Crippen molar-refractivity contribution in [3.8, 4) is 0 Å². The Labute approximate surface area is 179 Å². The summed E-state index contributed by atoms with van der Waals surface area (Å²) in [5.74, 6) is -0.268. The van der Waals surface area contributed by atoms with Crippen LogP contribution in [0.5, 0.6) is 0 Å². The first kappa shape index (κ1) is 22.2. The number of benzene rings is 2. The Hall–Kier alpha value is -2.50. The second-order valence-corrected chi connectivity index (χ2v) is 7.39. The number of hydrogen-bond donors (Lipinski definition) is 1. The lowest BCUT2D eigenvalue weighted by Crippen LogP contribution is -2.46. The number of nitrogens with zero attached hydrogens (tertiary/aromatic N) is 3. The first-order valence-electron chi connectivity index (χ1n) is 11.0. The molecule has 0 aliphatic carbocycles. The molecule has 0 spiro atoms. The van der Waals surface area contributed by atoms with Crippen LogP contribution in [0.4, 0.5) is 10.1 Å². The SMILES string of the molecule is CC.OC(CCCN1CCN(c2cccc3cccnc23)CC1)c1ccc(F)cc1. The molecule has 0 saturated carbocycles. The van der Waals surface area contributed by atoms with Gasteiger partial charge >= 0.3 is 0 Å². The molecule has 0 radical (unpaired) electrons. The topological polar surface area (TPSA) is 39.6 Å². The lowest BCUT2D eigenvalue weighted by Gasteiger charge is -2.36. The van der Waals surface area contributed by atoms with Gasteiger partial charge in [-0.25, -0.2) is 4.39 Å². The molecule has 0 amide bonds. The third-order valence-corrected chi connectivity index (χ3v) is 5.53. The number of fused-ring (bicyclic) bond motifs is 1. The molecule has 2 aromatic carbocycles. The van der Waals surface area contributed by atoms with Gasteiger partial charge in [-0.05, 0) is 49.2 Å². The highest BCUT2D eigenvalue weighted by molar-refractivity contribution is 5.90. The van der Waals surface area contributed by atoms with E-state index in [0.29, 0.717) is 6.42 Å². The van der Waals surface area contributed by atoms with Crippen LogP contribution >= 0.6 is 0 Å². The van der Waals surface area contributed by atoms with E-state index in [1.165, 1.54) is 23.2 Å². The van der Waals surface area contributed by atoms with E-state index in [2.05, 4.69) is 39.0 Å². The van der Waals surface area contributed by atoms with Gasteiger partial charge in [-0.3, -0.25) is 9.88 Å². The fraction of sp³-hybridized carbons (Fsp3) is 0.400. The Morgan fingerprint density at radius 1 is 0.967 bits per heavy atom. The third-order valence-electron chi connectivity index (χ3n) is 5.53. The maximum absolute atomic E-state index is 13.0. The van der Waals surface area contributed by atoms with Crippen molar-refractivity contribution in [1.82, 2.24) is 9.88 Å². The summed E-state index contributed by atoms with van der Waals surface area (Å²) >= 11 is 0. The number of pyridine rings is 1. The van der Waals surface area contributed by atoms with Crippen LogP contribution in [0.3, 0.4) is 0 Å². The Morgan fingerprint density at radius 2 is 1.67 bits per heavy atom. The number of rotatable bonds is 6. The molecular weight excluding hydrogens is 377 g/mol. The predicted octanol–water partition coefficient (Wildman–Crippen LogP) is 5.04. The summed E-state index contributed by atoms with van der Waals surface area (Å²) in [6, 6.07) is 16.6. The summed E-state index contributed by atoms with van der Waals surface area (Å²) in [5, 5.41) is 11.5. The van der Waals surface area contributed by atoms with Crippen LogP contribution < -0.4 is 4.90 Å². The van der Waals surface area contributed by atoms with Gasteiger partial charge in [-0.2, -0.15) is 0 Å². The average molecular weight is 410 g/mol. The van der Waals surface area contributed by atoms with Crippen LogP contribution in [0.25, 0.3) is 10.9 Å². The zero-order valence-electron chi connectivity index (χ0n) is 18.0. The van der Waals surface area contributed by atoms with E-state index in [0.717, 1.165) is 50.2 Å². The molecule has 4 rings (SSSR count). The molecule has 1 N–H and O–H groups in total. The van der Waals surface area contributed by atoms with Crippen molar-refractivity contribution >= 4 is 16.6 Å². The zero-order chi connectivity index (χ0) is 21.3. The minimum atomic E-state index is -0.524. The number of piperazine rings is 1. The van der Waals surface area contributed by atoms with E-state index in [-0.39, 0.29) is 5.82 Å². The Bertz CT molecular complexity index is 902. The summed E-state index contributed by atoms with van der Waals surface area (Å²) in [5.41, 5.74) is 3.07. The van der Waals surface area contributed by atoms with Crippen molar-refractivity contribution < 1.29 is 9.50 Å². The van der Waals surface area contributed by atoms with Crippen molar-refractivity contribution in [2.24, 2.45) is 0 Å². The van der Waals surface area contributed by atoms with Crippen molar-refractivity contribution in [2.75, 3.05) is 37.6 Å². The van der Waals surface area contributed by atoms with Gasteiger partial charge < -0.3 is 10.0 Å². The van der Waals surface area contributed by atoms with Gasteiger partial charge in [0.2, 0.25) is 0 Å². The van der Waals surface area contributed by atoms with Gasteiger partial charge in [0, 0.05) is 37.8 Å². The molecule has 1 saturated heterocycles. The highest BCUT2D eigenvalue weighted by Gasteiger charge is 2.19. The smallest absolute Gasteiger partial charge is 0.123 e. The van der Waals surface area contributed by atoms with Crippen molar-refractivity contribution in [3.05, 3.63) is 72.2 Å². The minimum absolute atomic E-state index is 0.268. The molecule has 30 heavy (non-hydrogen) atoms. The standard InChI is InChI=1S/C23H26FN3O.C2H6/c24-20-10-8-18(9-11-20)22(28)7-3-13-26-14-16-27(17-15-26)21-6-1-4-19-5-2-12-25-23(19)21;1-2/h1-2,4-6,8-12,22,28H,3,7,13-17H2;1-2H3. The molecule has 1 aliphatic rings. The predicted molar refractivity (Wildman–Crippen MR) is 122 cm³/mol. The summed E-state index contributed by atoms with van der Waals surface area (Å²) in [4.78, 5) is 9.44. The normalized spacial score (nSPS) is 15.5. The van der Waals surface area contributed by atoms with Gasteiger partial charge in [-0.15, -0.1) is 0 Å². The van der Waals surface area contributed by atoms with Crippen molar-refractivity contribution in [2.45, 2.75) is 32.8 Å². The highest BCUT2D eigenvalue weighted by atomic mass is 19.1. The number of aliphatic hydroxyl groups excluding tert-OH is 1. The number of hydrogen-bond acceptors (Lipinski definition) is 4. The average Bonchev–Trinajstić information content (AvgIpc) is 2.81. The second kappa shape index (κ2) is 11.0. The van der Waals surface area contributed by atoms with Crippen LogP contribution in [0.1, 0.15) is 38.4 Å². The van der Waals surface area contributed by atoms with Crippen LogP contribution in [0.15, 0.2) is 60.8 Å². The summed E-state index contributed by atoms with van der Waals surface area (Å²) in [6.07, 6.45) is 2.95. The Kier molecular flexibility index (Phi) is 8.17. The molecular formula is C25H32FN3O. The summed E-state index contributed by atoms with van der Waals surface area (Å²) in [7, 11) is 0. The number of para-hydroxylation sites is 1. The molecule has 5 heteroatoms. The molecule has 2 heterocycles. The van der Waals surface area contributed by atoms with Crippen LogP contribution in [0.2, 0.25) is 0 Å². The van der Waals surface area contributed by atoms with Gasteiger partial charge in [-0.1, -0.05) is 44.2 Å². The zero-order valence-corrected chi connectivity index (χ0v) is 18.0. The van der Waals surface area contributed by atoms with E-state index in [1.807, 2.05) is 26.1 Å². The maximum atomic E-state index is 13.0. The molecule has 4 nitrogen and oxygen atoms in total. The van der Waals surface area contributed by atoms with Crippen LogP contribution in [-0.4, -0.2) is 47.7 Å². The van der Waals surface area contributed by atoms with Gasteiger partial charge in [0.05, 0.1) is 17.3 Å². The monoisotopic (exact) mass is 409 g/mol. The van der Waals surface area contributed by atoms with Gasteiger partial charge in [0.1, 0.15) is 5.82 Å². The number of aromatic nitrogens is 1. The van der Waals surface area contributed by atoms with Crippen LogP contribution in [-0.2, 0) is 0 Å². The van der Waals surface area contributed by atoms with E-state index >= 15 is 0 Å². The number of halogens is 1. The quantitative estimate of drug-likeness (QED) is 0.619. The minimum Gasteiger partial charge on any atom is -0.388 e. The molecule has 1 aliphatic heterocycles. The van der Waals surface area contributed by atoms with E-state index in [9.17, 15) is 9.50 Å². The highest BCUT2D eigenvalue weighted by Crippen LogP contribution is 2.26. The first-order valence-corrected chi connectivity index (χ1v) is 11.0. The van der Waals surface area contributed by atoms with Crippen LogP contribution in [0, 0.1) is 5.82 Å². The lowest BCUT2D eigenvalue weighted by molar-refractivity contribution is 0.154. The molecule has 1 fully saturated rings. The molecule has 1 unspecified atom stereocenters. The van der Waals surface area contributed by atoms with E-state index in [4.69, 9.17) is 0 Å². The molecule has 0 bridgehead atoms. The van der Waals surface area contributed by atoms with Gasteiger partial charge in [0.15, 0.2) is 0 Å². The maximum Gasteiger partial charge on any atom is 0.123 e. The van der Waals surface area contributed by atoms with Crippen molar-refractivity contribution in [3.63, 3.8) is 0 Å². The summed E-state index contributed by atoms with van der Waals surface area (Å²) in [6.45, 7) is 8.96. The number of anilines is 1. The van der Waals surface area contributed by atoms with Gasteiger partial charge in [0.25, 0.3) is 0 Å². The van der Waals surface area contributed by atoms with E-state index < -0.39 is 6.10 Å². The summed E-state index contributed by atoms with van der Waals surface area (Å²) < 4.78 is 13.0. The number of aliphatic hydroxyl groups is 1. The fourth-order valence-corrected chi connectivity index (χ4v) is 3.92. The third kappa shape index (κ3) is 5.55. The fourth-order valence-electron chi connectivity index (χ4n) is 3.92. The lowest BCUT2D eigenvalue weighted by atomic mass is 10.0. The largest absolute Gasteiger partial charge is 0.388 e. The molecule has 160 valence electrons. The first-order chi connectivity index (χ1) is 14.7.